The summed E-state index contributed by atoms with van der Waals surface area (Å²) >= 11 is 0. The Morgan fingerprint density at radius 1 is 1.33 bits per heavy atom. The molecule has 0 heterocycles. The first kappa shape index (κ1) is 13.0. The van der Waals surface area contributed by atoms with Gasteiger partial charge in [-0.05, 0) is 37.0 Å². The van der Waals surface area contributed by atoms with Crippen LogP contribution in [0.5, 0.6) is 0 Å². The standard InChI is InChI=1S/C13H28N2/c1-4-13(6-5-7-13)10-15-9-12(14)8-11(2)3/h11-12,15H,4-10,14H2,1-3H3. The van der Waals surface area contributed by atoms with Gasteiger partial charge in [-0.3, -0.25) is 0 Å². The van der Waals surface area contributed by atoms with Crippen LogP contribution in [-0.2, 0) is 0 Å². The van der Waals surface area contributed by atoms with Crippen molar-refractivity contribution in [2.45, 2.75) is 58.9 Å². The van der Waals surface area contributed by atoms with E-state index in [0.717, 1.165) is 13.0 Å². The van der Waals surface area contributed by atoms with Crippen molar-refractivity contribution in [2.75, 3.05) is 13.1 Å². The molecule has 0 aromatic heterocycles. The minimum atomic E-state index is 0.332. The van der Waals surface area contributed by atoms with Crippen LogP contribution in [0, 0.1) is 11.3 Å². The number of hydrogen-bond donors (Lipinski definition) is 2. The first-order valence-electron chi connectivity index (χ1n) is 6.54. The van der Waals surface area contributed by atoms with Crippen LogP contribution in [0.25, 0.3) is 0 Å². The second-order valence-corrected chi connectivity index (χ2v) is 5.73. The van der Waals surface area contributed by atoms with Crippen molar-refractivity contribution in [1.29, 1.82) is 0 Å². The maximum atomic E-state index is 6.04. The Morgan fingerprint density at radius 3 is 2.40 bits per heavy atom. The molecular weight excluding hydrogens is 184 g/mol. The molecule has 1 aliphatic carbocycles. The van der Waals surface area contributed by atoms with Crippen LogP contribution >= 0.6 is 0 Å². The van der Waals surface area contributed by atoms with E-state index in [0.29, 0.717) is 17.4 Å². The summed E-state index contributed by atoms with van der Waals surface area (Å²) in [5.41, 5.74) is 6.66. The third kappa shape index (κ3) is 4.12. The van der Waals surface area contributed by atoms with Gasteiger partial charge in [0.25, 0.3) is 0 Å². The van der Waals surface area contributed by atoms with Crippen molar-refractivity contribution in [2.24, 2.45) is 17.1 Å². The van der Waals surface area contributed by atoms with Crippen LogP contribution < -0.4 is 11.1 Å². The molecule has 0 radical (unpaired) electrons. The molecule has 0 amide bonds. The summed E-state index contributed by atoms with van der Waals surface area (Å²) in [4.78, 5) is 0. The van der Waals surface area contributed by atoms with Crippen molar-refractivity contribution in [3.8, 4) is 0 Å². The molecule has 0 aromatic rings. The predicted molar refractivity (Wildman–Crippen MR) is 66.9 cm³/mol. The van der Waals surface area contributed by atoms with E-state index < -0.39 is 0 Å². The Bertz CT molecular complexity index is 168. The molecule has 2 nitrogen and oxygen atoms in total. The molecule has 1 rings (SSSR count). The summed E-state index contributed by atoms with van der Waals surface area (Å²) < 4.78 is 0. The highest BCUT2D eigenvalue weighted by Crippen LogP contribution is 2.42. The van der Waals surface area contributed by atoms with Crippen LogP contribution in [-0.4, -0.2) is 19.1 Å². The van der Waals surface area contributed by atoms with Crippen molar-refractivity contribution < 1.29 is 0 Å². The fourth-order valence-corrected chi connectivity index (χ4v) is 2.54. The van der Waals surface area contributed by atoms with Crippen molar-refractivity contribution in [3.63, 3.8) is 0 Å². The average Bonchev–Trinajstić information content (AvgIpc) is 2.08. The van der Waals surface area contributed by atoms with Crippen LogP contribution in [0.15, 0.2) is 0 Å². The van der Waals surface area contributed by atoms with E-state index >= 15 is 0 Å². The van der Waals surface area contributed by atoms with Gasteiger partial charge in [-0.1, -0.05) is 27.2 Å². The van der Waals surface area contributed by atoms with Gasteiger partial charge in [0.15, 0.2) is 0 Å². The fourth-order valence-electron chi connectivity index (χ4n) is 2.54. The van der Waals surface area contributed by atoms with Gasteiger partial charge in [0.1, 0.15) is 0 Å². The molecule has 1 fully saturated rings. The van der Waals surface area contributed by atoms with Crippen molar-refractivity contribution in [1.82, 2.24) is 5.32 Å². The predicted octanol–water partition coefficient (Wildman–Crippen LogP) is 2.53. The van der Waals surface area contributed by atoms with Gasteiger partial charge in [-0.25, -0.2) is 0 Å². The zero-order valence-electron chi connectivity index (χ0n) is 10.7. The largest absolute Gasteiger partial charge is 0.327 e. The fraction of sp³-hybridized carbons (Fsp3) is 1.00. The normalized spacial score (nSPS) is 21.4. The number of nitrogens with one attached hydrogen (secondary N) is 1. The topological polar surface area (TPSA) is 38.0 Å². The van der Waals surface area contributed by atoms with Gasteiger partial charge in [0.05, 0.1) is 0 Å². The van der Waals surface area contributed by atoms with Crippen molar-refractivity contribution in [3.05, 3.63) is 0 Å². The SMILES string of the molecule is CCC1(CNCC(N)CC(C)C)CCC1. The summed E-state index contributed by atoms with van der Waals surface area (Å²) in [6.45, 7) is 8.95. The molecule has 2 heteroatoms. The van der Waals surface area contributed by atoms with E-state index in [1.54, 1.807) is 0 Å². The Labute approximate surface area is 95.0 Å². The third-order valence-electron chi connectivity index (χ3n) is 3.84. The van der Waals surface area contributed by atoms with E-state index in [1.165, 1.54) is 32.2 Å². The van der Waals surface area contributed by atoms with Gasteiger partial charge in [-0.2, -0.15) is 0 Å². The molecule has 1 atom stereocenters. The maximum absolute atomic E-state index is 6.04. The van der Waals surface area contributed by atoms with E-state index in [2.05, 4.69) is 26.1 Å². The molecule has 1 saturated carbocycles. The van der Waals surface area contributed by atoms with Crippen LogP contribution in [0.4, 0.5) is 0 Å². The second-order valence-electron chi connectivity index (χ2n) is 5.73. The van der Waals surface area contributed by atoms with E-state index in [-0.39, 0.29) is 0 Å². The molecule has 3 N–H and O–H groups in total. The van der Waals surface area contributed by atoms with Crippen molar-refractivity contribution >= 4 is 0 Å². The minimum absolute atomic E-state index is 0.332. The molecule has 15 heavy (non-hydrogen) atoms. The summed E-state index contributed by atoms with van der Waals surface area (Å²) in [5.74, 6) is 0.714. The molecule has 1 aliphatic rings. The Kier molecular flexibility index (Phi) is 5.07. The highest BCUT2D eigenvalue weighted by molar-refractivity contribution is 4.88. The first-order chi connectivity index (χ1) is 7.08. The highest BCUT2D eigenvalue weighted by atomic mass is 14.9. The minimum Gasteiger partial charge on any atom is -0.327 e. The van der Waals surface area contributed by atoms with Crippen LogP contribution in [0.1, 0.15) is 52.9 Å². The summed E-state index contributed by atoms with van der Waals surface area (Å²) in [6, 6.07) is 0.332. The molecule has 0 spiro atoms. The van der Waals surface area contributed by atoms with E-state index in [1.807, 2.05) is 0 Å². The van der Waals surface area contributed by atoms with E-state index in [9.17, 15) is 0 Å². The monoisotopic (exact) mass is 212 g/mol. The zero-order chi connectivity index (χ0) is 11.3. The Hall–Kier alpha value is -0.0800. The first-order valence-corrected chi connectivity index (χ1v) is 6.54. The van der Waals surface area contributed by atoms with Crippen LogP contribution in [0.2, 0.25) is 0 Å². The third-order valence-corrected chi connectivity index (χ3v) is 3.84. The van der Waals surface area contributed by atoms with Gasteiger partial charge < -0.3 is 11.1 Å². The molecule has 90 valence electrons. The summed E-state index contributed by atoms with van der Waals surface area (Å²) in [7, 11) is 0. The quantitative estimate of drug-likeness (QED) is 0.680. The molecule has 0 aliphatic heterocycles. The van der Waals surface area contributed by atoms with E-state index in [4.69, 9.17) is 5.73 Å². The lowest BCUT2D eigenvalue weighted by molar-refractivity contribution is 0.123. The lowest BCUT2D eigenvalue weighted by Crippen LogP contribution is -2.43. The number of nitrogens with two attached hydrogens (primary N) is 1. The smallest absolute Gasteiger partial charge is 0.0167 e. The molecule has 0 bridgehead atoms. The Balaban J connectivity index is 2.10. The van der Waals surface area contributed by atoms with Gasteiger partial charge in [0, 0.05) is 19.1 Å². The Morgan fingerprint density at radius 2 is 2.00 bits per heavy atom. The molecular formula is C13H28N2. The van der Waals surface area contributed by atoms with Gasteiger partial charge in [-0.15, -0.1) is 0 Å². The van der Waals surface area contributed by atoms with Gasteiger partial charge >= 0.3 is 0 Å². The zero-order valence-corrected chi connectivity index (χ0v) is 10.7. The number of rotatable bonds is 7. The molecule has 0 aromatic carbocycles. The molecule has 0 saturated heterocycles. The van der Waals surface area contributed by atoms with Gasteiger partial charge in [0.2, 0.25) is 0 Å². The van der Waals surface area contributed by atoms with Crippen LogP contribution in [0.3, 0.4) is 0 Å². The average molecular weight is 212 g/mol. The lowest BCUT2D eigenvalue weighted by Gasteiger charge is -2.41. The molecule has 1 unspecified atom stereocenters. The summed E-state index contributed by atoms with van der Waals surface area (Å²) in [6.07, 6.45) is 6.70. The second kappa shape index (κ2) is 5.86. The lowest BCUT2D eigenvalue weighted by atomic mass is 9.67. The highest BCUT2D eigenvalue weighted by Gasteiger charge is 2.34. The summed E-state index contributed by atoms with van der Waals surface area (Å²) in [5, 5.41) is 3.56. The maximum Gasteiger partial charge on any atom is 0.0167 e. The number of hydrogen-bond acceptors (Lipinski definition) is 2.